The number of carbonyl (C=O) groups excluding carboxylic acids is 3. The molecule has 1 rings (SSSR count). The summed E-state index contributed by atoms with van der Waals surface area (Å²) in [4.78, 5) is 35.1. The van der Waals surface area contributed by atoms with Gasteiger partial charge < -0.3 is 10.1 Å². The summed E-state index contributed by atoms with van der Waals surface area (Å²) in [6.45, 7) is 6.81. The van der Waals surface area contributed by atoms with Crippen LogP contribution in [0.15, 0.2) is 29.2 Å². The van der Waals surface area contributed by atoms with Crippen molar-refractivity contribution >= 4 is 27.9 Å². The van der Waals surface area contributed by atoms with Crippen LogP contribution in [-0.2, 0) is 19.6 Å². The van der Waals surface area contributed by atoms with Crippen LogP contribution in [0.3, 0.4) is 0 Å². The lowest BCUT2D eigenvalue weighted by atomic mass is 10.2. The summed E-state index contributed by atoms with van der Waals surface area (Å²) in [5, 5.41) is 4.47. The van der Waals surface area contributed by atoms with Crippen molar-refractivity contribution in [2.75, 3.05) is 19.7 Å². The highest BCUT2D eigenvalue weighted by atomic mass is 32.2. The van der Waals surface area contributed by atoms with Crippen molar-refractivity contribution in [2.24, 2.45) is 0 Å². The molecule has 0 spiro atoms. The molecule has 0 aromatic heterocycles. The molecular weight excluding hydrogens is 374 g/mol. The molecule has 0 atom stereocenters. The molecule has 2 N–H and O–H groups in total. The SMILES string of the molecule is CCN(CC)S(=O)(=O)c1cccc(C(=O)OCC(=O)NC(=O)NC(C)C)c1. The van der Waals surface area contributed by atoms with Gasteiger partial charge in [0.2, 0.25) is 10.0 Å². The number of urea groups is 1. The summed E-state index contributed by atoms with van der Waals surface area (Å²) in [7, 11) is -3.72. The molecule has 0 aliphatic rings. The summed E-state index contributed by atoms with van der Waals surface area (Å²) in [5.74, 6) is -1.67. The van der Waals surface area contributed by atoms with E-state index in [0.717, 1.165) is 0 Å². The van der Waals surface area contributed by atoms with Crippen LogP contribution in [0.5, 0.6) is 0 Å². The zero-order chi connectivity index (χ0) is 20.6. The van der Waals surface area contributed by atoms with E-state index >= 15 is 0 Å². The molecule has 0 aliphatic carbocycles. The predicted molar refractivity (Wildman–Crippen MR) is 98.6 cm³/mol. The van der Waals surface area contributed by atoms with Crippen LogP contribution in [0.4, 0.5) is 4.79 Å². The Labute approximate surface area is 159 Å². The Morgan fingerprint density at radius 3 is 2.33 bits per heavy atom. The number of benzene rings is 1. The molecule has 3 amide bonds. The largest absolute Gasteiger partial charge is 0.452 e. The van der Waals surface area contributed by atoms with Crippen LogP contribution in [-0.4, -0.2) is 56.4 Å². The molecule has 0 saturated carbocycles. The molecule has 27 heavy (non-hydrogen) atoms. The smallest absolute Gasteiger partial charge is 0.338 e. The van der Waals surface area contributed by atoms with Crippen molar-refractivity contribution in [3.63, 3.8) is 0 Å². The van der Waals surface area contributed by atoms with Crippen LogP contribution in [0.1, 0.15) is 38.1 Å². The first-order valence-corrected chi connectivity index (χ1v) is 9.93. The number of hydrogen-bond acceptors (Lipinski definition) is 6. The summed E-state index contributed by atoms with van der Waals surface area (Å²) < 4.78 is 31.1. The highest BCUT2D eigenvalue weighted by Gasteiger charge is 2.23. The Morgan fingerprint density at radius 1 is 1.15 bits per heavy atom. The predicted octanol–water partition coefficient (Wildman–Crippen LogP) is 1.11. The Balaban J connectivity index is 2.77. The van der Waals surface area contributed by atoms with E-state index in [-0.39, 0.29) is 16.5 Å². The first-order valence-electron chi connectivity index (χ1n) is 8.49. The minimum atomic E-state index is -3.72. The maximum absolute atomic E-state index is 12.5. The zero-order valence-electron chi connectivity index (χ0n) is 15.8. The molecule has 150 valence electrons. The summed E-state index contributed by atoms with van der Waals surface area (Å²) in [6.07, 6.45) is 0. The van der Waals surface area contributed by atoms with Gasteiger partial charge in [-0.1, -0.05) is 19.9 Å². The second kappa shape index (κ2) is 10.0. The number of sulfonamides is 1. The van der Waals surface area contributed by atoms with Gasteiger partial charge in [-0.2, -0.15) is 4.31 Å². The number of esters is 1. The number of amides is 3. The molecule has 0 saturated heterocycles. The lowest BCUT2D eigenvalue weighted by Crippen LogP contribution is -2.44. The van der Waals surface area contributed by atoms with Gasteiger partial charge in [0, 0.05) is 19.1 Å². The van der Waals surface area contributed by atoms with Gasteiger partial charge in [-0.05, 0) is 32.0 Å². The summed E-state index contributed by atoms with van der Waals surface area (Å²) in [6, 6.07) is 4.53. The molecule has 1 aromatic rings. The lowest BCUT2D eigenvalue weighted by Gasteiger charge is -2.18. The van der Waals surface area contributed by atoms with Crippen molar-refractivity contribution in [2.45, 2.75) is 38.6 Å². The zero-order valence-corrected chi connectivity index (χ0v) is 16.6. The Bertz CT molecular complexity index is 788. The van der Waals surface area contributed by atoms with Crippen LogP contribution in [0.25, 0.3) is 0 Å². The average molecular weight is 399 g/mol. The molecule has 9 nitrogen and oxygen atoms in total. The van der Waals surface area contributed by atoms with Gasteiger partial charge in [0.15, 0.2) is 6.61 Å². The van der Waals surface area contributed by atoms with Crippen LogP contribution < -0.4 is 10.6 Å². The Hall–Kier alpha value is -2.46. The fourth-order valence-electron chi connectivity index (χ4n) is 2.17. The van der Waals surface area contributed by atoms with Crippen molar-refractivity contribution in [3.8, 4) is 0 Å². The number of ether oxygens (including phenoxy) is 1. The molecule has 10 heteroatoms. The van der Waals surface area contributed by atoms with Gasteiger partial charge in [-0.25, -0.2) is 18.0 Å². The van der Waals surface area contributed by atoms with E-state index in [1.165, 1.54) is 28.6 Å². The van der Waals surface area contributed by atoms with E-state index in [1.54, 1.807) is 27.7 Å². The standard InChI is InChI=1S/C17H25N3O6S/c1-5-20(6-2)27(24,25)14-9-7-8-13(10-14)16(22)26-11-15(21)19-17(23)18-12(3)4/h7-10,12H,5-6,11H2,1-4H3,(H2,18,19,21,23). The normalized spacial score (nSPS) is 11.3. The van der Waals surface area contributed by atoms with Crippen molar-refractivity contribution in [1.29, 1.82) is 0 Å². The number of imide groups is 1. The Morgan fingerprint density at radius 2 is 1.78 bits per heavy atom. The van der Waals surface area contributed by atoms with E-state index in [0.29, 0.717) is 13.1 Å². The second-order valence-electron chi connectivity index (χ2n) is 5.87. The third-order valence-corrected chi connectivity index (χ3v) is 5.47. The summed E-state index contributed by atoms with van der Waals surface area (Å²) in [5.41, 5.74) is -0.0114. The van der Waals surface area contributed by atoms with Gasteiger partial charge in [0.25, 0.3) is 5.91 Å². The van der Waals surface area contributed by atoms with Gasteiger partial charge in [0.05, 0.1) is 10.5 Å². The maximum atomic E-state index is 12.5. The third-order valence-electron chi connectivity index (χ3n) is 3.42. The number of carbonyl (C=O) groups is 3. The lowest BCUT2D eigenvalue weighted by molar-refractivity contribution is -0.123. The molecular formula is C17H25N3O6S. The topological polar surface area (TPSA) is 122 Å². The maximum Gasteiger partial charge on any atom is 0.338 e. The fraction of sp³-hybridized carbons (Fsp3) is 0.471. The molecule has 0 aliphatic heterocycles. The quantitative estimate of drug-likeness (QED) is 0.632. The van der Waals surface area contributed by atoms with Crippen molar-refractivity contribution < 1.29 is 27.5 Å². The molecule has 0 radical (unpaired) electrons. The average Bonchev–Trinajstić information content (AvgIpc) is 2.59. The first-order chi connectivity index (χ1) is 12.6. The van der Waals surface area contributed by atoms with Crippen LogP contribution in [0, 0.1) is 0 Å². The number of hydrogen-bond donors (Lipinski definition) is 2. The van der Waals surface area contributed by atoms with E-state index < -0.39 is 34.5 Å². The van der Waals surface area contributed by atoms with E-state index in [9.17, 15) is 22.8 Å². The summed E-state index contributed by atoms with van der Waals surface area (Å²) >= 11 is 0. The van der Waals surface area contributed by atoms with E-state index in [1.807, 2.05) is 5.32 Å². The highest BCUT2D eigenvalue weighted by Crippen LogP contribution is 2.17. The molecule has 0 heterocycles. The monoisotopic (exact) mass is 399 g/mol. The minimum absolute atomic E-state index is 0.0114. The van der Waals surface area contributed by atoms with E-state index in [2.05, 4.69) is 5.32 Å². The van der Waals surface area contributed by atoms with Crippen LogP contribution >= 0.6 is 0 Å². The molecule has 0 unspecified atom stereocenters. The number of nitrogens with one attached hydrogen (secondary N) is 2. The Kier molecular flexibility index (Phi) is 8.38. The number of nitrogens with zero attached hydrogens (tertiary/aromatic N) is 1. The fourth-order valence-corrected chi connectivity index (χ4v) is 3.68. The van der Waals surface area contributed by atoms with Crippen molar-refractivity contribution in [3.05, 3.63) is 29.8 Å². The van der Waals surface area contributed by atoms with Gasteiger partial charge in [-0.3, -0.25) is 10.1 Å². The first kappa shape index (κ1) is 22.6. The van der Waals surface area contributed by atoms with Gasteiger partial charge >= 0.3 is 12.0 Å². The van der Waals surface area contributed by atoms with Gasteiger partial charge in [0.1, 0.15) is 0 Å². The van der Waals surface area contributed by atoms with E-state index in [4.69, 9.17) is 4.74 Å². The van der Waals surface area contributed by atoms with Crippen LogP contribution in [0.2, 0.25) is 0 Å². The number of rotatable bonds is 8. The third kappa shape index (κ3) is 6.65. The highest BCUT2D eigenvalue weighted by molar-refractivity contribution is 7.89. The van der Waals surface area contributed by atoms with Crippen molar-refractivity contribution in [1.82, 2.24) is 14.9 Å². The molecule has 0 fully saturated rings. The second-order valence-corrected chi connectivity index (χ2v) is 7.81. The molecule has 1 aromatic carbocycles. The van der Waals surface area contributed by atoms with Gasteiger partial charge in [-0.15, -0.1) is 0 Å². The minimum Gasteiger partial charge on any atom is -0.452 e. The molecule has 0 bridgehead atoms.